The first-order chi connectivity index (χ1) is 14.0. The molecule has 0 unspecified atom stereocenters. The van der Waals surface area contributed by atoms with Crippen LogP contribution in [-0.4, -0.2) is 40.7 Å². The molecule has 1 aliphatic rings. The van der Waals surface area contributed by atoms with E-state index >= 15 is 0 Å². The number of fused-ring (bicyclic) bond motifs is 1. The van der Waals surface area contributed by atoms with Crippen molar-refractivity contribution in [1.82, 2.24) is 14.5 Å². The topological polar surface area (TPSA) is 76.5 Å². The van der Waals surface area contributed by atoms with Crippen LogP contribution in [0.25, 0.3) is 10.9 Å². The molecular formula is C22H24N4O3. The molecule has 7 heteroatoms. The predicted octanol–water partition coefficient (Wildman–Crippen LogP) is 3.58. The normalized spacial score (nSPS) is 14.8. The maximum absolute atomic E-state index is 12.9. The van der Waals surface area contributed by atoms with E-state index in [9.17, 15) is 9.59 Å². The van der Waals surface area contributed by atoms with E-state index in [0.717, 1.165) is 29.8 Å². The van der Waals surface area contributed by atoms with Crippen LogP contribution in [0.2, 0.25) is 0 Å². The smallest absolute Gasteiger partial charge is 0.321 e. The number of rotatable bonds is 3. The number of methoxy groups -OCH3 is 1. The van der Waals surface area contributed by atoms with Gasteiger partial charge in [0.05, 0.1) is 24.3 Å². The lowest BCUT2D eigenvalue weighted by molar-refractivity contribution is 0.182. The van der Waals surface area contributed by atoms with Gasteiger partial charge in [-0.15, -0.1) is 0 Å². The van der Waals surface area contributed by atoms with Crippen LogP contribution < -0.4 is 15.6 Å². The summed E-state index contributed by atoms with van der Waals surface area (Å²) in [5.74, 6) is 0.744. The number of benzene rings is 2. The Morgan fingerprint density at radius 1 is 1.14 bits per heavy atom. The van der Waals surface area contributed by atoms with Crippen LogP contribution in [0.1, 0.15) is 24.4 Å². The van der Waals surface area contributed by atoms with E-state index in [1.165, 1.54) is 0 Å². The molecule has 2 heterocycles. The van der Waals surface area contributed by atoms with Gasteiger partial charge in [-0.05, 0) is 56.2 Å². The zero-order chi connectivity index (χ0) is 20.4. The summed E-state index contributed by atoms with van der Waals surface area (Å²) in [7, 11) is 1.61. The molecular weight excluding hydrogens is 368 g/mol. The first kappa shape index (κ1) is 19.0. The number of amides is 2. The van der Waals surface area contributed by atoms with Crippen molar-refractivity contribution < 1.29 is 9.53 Å². The minimum atomic E-state index is -0.131. The molecule has 1 saturated heterocycles. The Morgan fingerprint density at radius 3 is 2.55 bits per heavy atom. The third-order valence-corrected chi connectivity index (χ3v) is 5.42. The first-order valence-corrected chi connectivity index (χ1v) is 9.72. The Balaban J connectivity index is 1.42. The maximum atomic E-state index is 12.9. The van der Waals surface area contributed by atoms with E-state index in [0.29, 0.717) is 24.0 Å². The quantitative estimate of drug-likeness (QED) is 0.739. The largest absolute Gasteiger partial charge is 0.497 e. The van der Waals surface area contributed by atoms with Crippen molar-refractivity contribution >= 4 is 22.6 Å². The van der Waals surface area contributed by atoms with Gasteiger partial charge in [-0.3, -0.25) is 9.36 Å². The number of aryl methyl sites for hydroxylation is 1. The molecule has 4 rings (SSSR count). The molecule has 150 valence electrons. The SMILES string of the molecule is COc1ccc(NC(=O)N2CCC(n3cnc4ccc(C)cc4c3=O)CC2)cc1. The van der Waals surface area contributed by atoms with Crippen LogP contribution >= 0.6 is 0 Å². The molecule has 0 atom stereocenters. The lowest BCUT2D eigenvalue weighted by Crippen LogP contribution is -2.42. The summed E-state index contributed by atoms with van der Waals surface area (Å²) in [6, 6.07) is 12.9. The van der Waals surface area contributed by atoms with Crippen molar-refractivity contribution in [3.63, 3.8) is 0 Å². The molecule has 3 aromatic rings. The lowest BCUT2D eigenvalue weighted by atomic mass is 10.0. The second-order valence-electron chi connectivity index (χ2n) is 7.35. The van der Waals surface area contributed by atoms with E-state index in [1.807, 2.05) is 49.4 Å². The Bertz CT molecular complexity index is 1080. The van der Waals surface area contributed by atoms with Gasteiger partial charge in [0.25, 0.3) is 5.56 Å². The van der Waals surface area contributed by atoms with E-state index in [4.69, 9.17) is 4.74 Å². The molecule has 0 saturated carbocycles. The summed E-state index contributed by atoms with van der Waals surface area (Å²) in [6.45, 7) is 3.14. The summed E-state index contributed by atoms with van der Waals surface area (Å²) in [4.78, 5) is 31.7. The van der Waals surface area contributed by atoms with Gasteiger partial charge in [0.2, 0.25) is 0 Å². The number of carbonyl (C=O) groups is 1. The Morgan fingerprint density at radius 2 is 1.86 bits per heavy atom. The van der Waals surface area contributed by atoms with Crippen LogP contribution in [0.5, 0.6) is 5.75 Å². The number of likely N-dealkylation sites (tertiary alicyclic amines) is 1. The van der Waals surface area contributed by atoms with Crippen LogP contribution in [-0.2, 0) is 0 Å². The molecule has 0 aliphatic carbocycles. The van der Waals surface area contributed by atoms with Crippen LogP contribution in [0.4, 0.5) is 10.5 Å². The first-order valence-electron chi connectivity index (χ1n) is 9.72. The fourth-order valence-corrected chi connectivity index (χ4v) is 3.73. The number of nitrogens with zero attached hydrogens (tertiary/aromatic N) is 3. The number of ether oxygens (including phenoxy) is 1. The van der Waals surface area contributed by atoms with E-state index in [2.05, 4.69) is 10.3 Å². The highest BCUT2D eigenvalue weighted by molar-refractivity contribution is 5.89. The Hall–Kier alpha value is -3.35. The number of hydrogen-bond donors (Lipinski definition) is 1. The summed E-state index contributed by atoms with van der Waals surface area (Å²) in [5, 5.41) is 3.56. The molecule has 0 radical (unpaired) electrons. The molecule has 2 amide bonds. The Kier molecular flexibility index (Phi) is 5.20. The standard InChI is InChI=1S/C22H24N4O3/c1-15-3-8-20-19(13-15)21(27)26(14-23-20)17-9-11-25(12-10-17)22(28)24-16-4-6-18(29-2)7-5-16/h3-8,13-14,17H,9-12H2,1-2H3,(H,24,28). The van der Waals surface area contributed by atoms with Gasteiger partial charge < -0.3 is 15.0 Å². The molecule has 0 bridgehead atoms. The zero-order valence-electron chi connectivity index (χ0n) is 16.6. The number of nitrogens with one attached hydrogen (secondary N) is 1. The molecule has 29 heavy (non-hydrogen) atoms. The summed E-state index contributed by atoms with van der Waals surface area (Å²) in [5.41, 5.74) is 2.47. The van der Waals surface area contributed by atoms with E-state index in [-0.39, 0.29) is 17.6 Å². The van der Waals surface area contributed by atoms with Gasteiger partial charge in [0.15, 0.2) is 0 Å². The van der Waals surface area contributed by atoms with E-state index < -0.39 is 0 Å². The second-order valence-corrected chi connectivity index (χ2v) is 7.35. The number of urea groups is 1. The third kappa shape index (κ3) is 3.94. The highest BCUT2D eigenvalue weighted by atomic mass is 16.5. The molecule has 1 aliphatic heterocycles. The van der Waals surface area contributed by atoms with Crippen molar-refractivity contribution in [1.29, 1.82) is 0 Å². The second kappa shape index (κ2) is 7.95. The predicted molar refractivity (Wildman–Crippen MR) is 113 cm³/mol. The van der Waals surface area contributed by atoms with E-state index in [1.54, 1.807) is 22.9 Å². The number of piperidine rings is 1. The molecule has 1 aromatic heterocycles. The summed E-state index contributed by atoms with van der Waals surface area (Å²) >= 11 is 0. The van der Waals surface area contributed by atoms with Crippen molar-refractivity contribution in [2.24, 2.45) is 0 Å². The highest BCUT2D eigenvalue weighted by Gasteiger charge is 2.25. The fourth-order valence-electron chi connectivity index (χ4n) is 3.73. The van der Waals surface area contributed by atoms with Crippen molar-refractivity contribution in [2.45, 2.75) is 25.8 Å². The molecule has 1 N–H and O–H groups in total. The summed E-state index contributed by atoms with van der Waals surface area (Å²) in [6.07, 6.45) is 3.07. The fraction of sp³-hybridized carbons (Fsp3) is 0.318. The lowest BCUT2D eigenvalue weighted by Gasteiger charge is -2.32. The van der Waals surface area contributed by atoms with Crippen molar-refractivity contribution in [3.05, 3.63) is 64.7 Å². The van der Waals surface area contributed by atoms with Crippen LogP contribution in [0.15, 0.2) is 53.6 Å². The van der Waals surface area contributed by atoms with Gasteiger partial charge in [-0.1, -0.05) is 11.6 Å². The molecule has 1 fully saturated rings. The van der Waals surface area contributed by atoms with Gasteiger partial charge in [-0.25, -0.2) is 9.78 Å². The Labute approximate surface area is 168 Å². The number of carbonyl (C=O) groups excluding carboxylic acids is 1. The van der Waals surface area contributed by atoms with Crippen molar-refractivity contribution in [3.8, 4) is 5.75 Å². The van der Waals surface area contributed by atoms with Crippen LogP contribution in [0.3, 0.4) is 0 Å². The maximum Gasteiger partial charge on any atom is 0.321 e. The summed E-state index contributed by atoms with van der Waals surface area (Å²) < 4.78 is 6.85. The third-order valence-electron chi connectivity index (χ3n) is 5.42. The minimum Gasteiger partial charge on any atom is -0.497 e. The number of anilines is 1. The molecule has 0 spiro atoms. The minimum absolute atomic E-state index is 0.0140. The molecule has 2 aromatic carbocycles. The number of hydrogen-bond acceptors (Lipinski definition) is 4. The molecule has 7 nitrogen and oxygen atoms in total. The van der Waals surface area contributed by atoms with Crippen molar-refractivity contribution in [2.75, 3.05) is 25.5 Å². The highest BCUT2D eigenvalue weighted by Crippen LogP contribution is 2.23. The van der Waals surface area contributed by atoms with Gasteiger partial charge in [0, 0.05) is 24.8 Å². The van der Waals surface area contributed by atoms with Crippen LogP contribution in [0, 0.1) is 6.92 Å². The van der Waals surface area contributed by atoms with Gasteiger partial charge in [0.1, 0.15) is 5.75 Å². The zero-order valence-corrected chi connectivity index (χ0v) is 16.6. The average Bonchev–Trinajstić information content (AvgIpc) is 2.75. The monoisotopic (exact) mass is 392 g/mol. The average molecular weight is 392 g/mol. The van der Waals surface area contributed by atoms with Gasteiger partial charge in [-0.2, -0.15) is 0 Å². The van der Waals surface area contributed by atoms with Gasteiger partial charge >= 0.3 is 6.03 Å². The number of aromatic nitrogens is 2.